The van der Waals surface area contributed by atoms with Gasteiger partial charge in [0.05, 0.1) is 11.3 Å². The van der Waals surface area contributed by atoms with Crippen molar-refractivity contribution in [1.29, 1.82) is 0 Å². The summed E-state index contributed by atoms with van der Waals surface area (Å²) in [5.74, 6) is 0. The van der Waals surface area contributed by atoms with Crippen molar-refractivity contribution in [3.05, 3.63) is 36.3 Å². The molecule has 2 amide bonds. The van der Waals surface area contributed by atoms with Gasteiger partial charge in [-0.25, -0.2) is 9.78 Å². The lowest BCUT2D eigenvalue weighted by Crippen LogP contribution is -2.50. The maximum atomic E-state index is 12.2. The molecule has 4 rings (SSSR count). The third kappa shape index (κ3) is 3.79. The van der Waals surface area contributed by atoms with Gasteiger partial charge in [0.2, 0.25) is 0 Å². The quantitative estimate of drug-likeness (QED) is 0.898. The number of carbonyl (C=O) groups is 1. The highest BCUT2D eigenvalue weighted by Gasteiger charge is 2.40. The molecule has 1 saturated carbocycles. The second kappa shape index (κ2) is 7.04. The molecule has 6 heteroatoms. The fourth-order valence-electron chi connectivity index (χ4n) is 4.17. The highest BCUT2D eigenvalue weighted by Crippen LogP contribution is 2.39. The number of ether oxygens (including phenoxy) is 1. The first-order valence-corrected chi connectivity index (χ1v) is 9.33. The topological polar surface area (TPSA) is 67.7 Å². The zero-order chi connectivity index (χ0) is 17.1. The fourth-order valence-corrected chi connectivity index (χ4v) is 4.17. The van der Waals surface area contributed by atoms with Crippen LogP contribution in [0.2, 0.25) is 0 Å². The van der Waals surface area contributed by atoms with Crippen molar-refractivity contribution in [3.63, 3.8) is 0 Å². The van der Waals surface area contributed by atoms with Gasteiger partial charge in [0.25, 0.3) is 0 Å². The number of hydrogen-bond acceptors (Lipinski definition) is 3. The maximum absolute atomic E-state index is 12.2. The third-order valence-corrected chi connectivity index (χ3v) is 5.42. The van der Waals surface area contributed by atoms with Gasteiger partial charge in [-0.3, -0.25) is 0 Å². The van der Waals surface area contributed by atoms with Crippen molar-refractivity contribution < 1.29 is 9.53 Å². The van der Waals surface area contributed by atoms with E-state index in [2.05, 4.69) is 15.6 Å². The van der Waals surface area contributed by atoms with Gasteiger partial charge in [-0.05, 0) is 37.8 Å². The van der Waals surface area contributed by atoms with Gasteiger partial charge in [0.1, 0.15) is 5.65 Å². The first-order chi connectivity index (χ1) is 12.2. The minimum Gasteiger partial charge on any atom is -0.375 e. The molecule has 6 nitrogen and oxygen atoms in total. The first kappa shape index (κ1) is 16.4. The van der Waals surface area contributed by atoms with Crippen LogP contribution in [0.4, 0.5) is 4.79 Å². The van der Waals surface area contributed by atoms with E-state index in [9.17, 15) is 4.79 Å². The number of carbonyl (C=O) groups excluding carboxylic acids is 1. The van der Waals surface area contributed by atoms with Crippen molar-refractivity contribution in [2.75, 3.05) is 13.2 Å². The largest absolute Gasteiger partial charge is 0.375 e. The normalized spacial score (nSPS) is 22.3. The van der Waals surface area contributed by atoms with E-state index >= 15 is 0 Å². The number of fused-ring (bicyclic) bond motifs is 1. The van der Waals surface area contributed by atoms with Crippen LogP contribution in [0.5, 0.6) is 0 Å². The fraction of sp³-hybridized carbons (Fsp3) is 0.579. The Labute approximate surface area is 148 Å². The molecule has 3 heterocycles. The van der Waals surface area contributed by atoms with Crippen LogP contribution in [-0.2, 0) is 11.2 Å². The summed E-state index contributed by atoms with van der Waals surface area (Å²) >= 11 is 0. The van der Waals surface area contributed by atoms with Gasteiger partial charge in [0.15, 0.2) is 0 Å². The molecule has 2 fully saturated rings. The molecule has 1 saturated heterocycles. The lowest BCUT2D eigenvalue weighted by molar-refractivity contribution is -0.0820. The molecule has 2 aromatic rings. The standard InChI is InChI=1S/C19H26N4O2/c24-18(22-15-7-12-25-19(13-15)8-2-3-9-19)20-10-6-16-14-23-11-4-1-5-17(23)21-16/h1,4-5,11,14-15H,2-3,6-10,12-13H2,(H2,20,22,24). The van der Waals surface area contributed by atoms with E-state index in [0.717, 1.165) is 50.1 Å². The highest BCUT2D eigenvalue weighted by atomic mass is 16.5. The van der Waals surface area contributed by atoms with E-state index < -0.39 is 0 Å². The van der Waals surface area contributed by atoms with E-state index in [-0.39, 0.29) is 17.7 Å². The smallest absolute Gasteiger partial charge is 0.315 e. The predicted octanol–water partition coefficient (Wildman–Crippen LogP) is 2.67. The molecule has 2 aliphatic rings. The maximum Gasteiger partial charge on any atom is 0.315 e. The summed E-state index contributed by atoms with van der Waals surface area (Å²) in [5.41, 5.74) is 1.96. The van der Waals surface area contributed by atoms with Crippen LogP contribution in [0, 0.1) is 0 Å². The molecule has 2 aromatic heterocycles. The summed E-state index contributed by atoms with van der Waals surface area (Å²) in [6.07, 6.45) is 11.4. The monoisotopic (exact) mass is 342 g/mol. The Kier molecular flexibility index (Phi) is 4.61. The zero-order valence-electron chi connectivity index (χ0n) is 14.5. The van der Waals surface area contributed by atoms with E-state index in [1.165, 1.54) is 12.8 Å². The Morgan fingerprint density at radius 3 is 3.08 bits per heavy atom. The Morgan fingerprint density at radius 2 is 2.24 bits per heavy atom. The van der Waals surface area contributed by atoms with E-state index in [0.29, 0.717) is 6.54 Å². The number of hydrogen-bond donors (Lipinski definition) is 2. The molecule has 134 valence electrons. The van der Waals surface area contributed by atoms with Crippen LogP contribution in [-0.4, -0.2) is 40.2 Å². The Balaban J connectivity index is 1.23. The second-order valence-electron chi connectivity index (χ2n) is 7.28. The average Bonchev–Trinajstić information content (AvgIpc) is 3.21. The Bertz CT molecular complexity index is 703. The minimum absolute atomic E-state index is 0.0345. The summed E-state index contributed by atoms with van der Waals surface area (Å²) in [6.45, 7) is 1.34. The molecular formula is C19H26N4O2. The number of nitrogens with zero attached hydrogens (tertiary/aromatic N) is 2. The average molecular weight is 342 g/mol. The molecule has 0 aromatic carbocycles. The SMILES string of the molecule is O=C(NCCc1cn2ccccc2n1)NC1CCOC2(CCCC2)C1. The van der Waals surface area contributed by atoms with Crippen LogP contribution in [0.1, 0.15) is 44.2 Å². The van der Waals surface area contributed by atoms with E-state index in [1.807, 2.05) is 35.0 Å². The number of aromatic nitrogens is 2. The third-order valence-electron chi connectivity index (χ3n) is 5.42. The lowest BCUT2D eigenvalue weighted by atomic mass is 9.89. The van der Waals surface area contributed by atoms with Crippen molar-refractivity contribution in [2.24, 2.45) is 0 Å². The summed E-state index contributed by atoms with van der Waals surface area (Å²) in [4.78, 5) is 16.7. The van der Waals surface area contributed by atoms with Gasteiger partial charge in [-0.15, -0.1) is 0 Å². The second-order valence-corrected chi connectivity index (χ2v) is 7.28. The van der Waals surface area contributed by atoms with Crippen LogP contribution < -0.4 is 10.6 Å². The van der Waals surface area contributed by atoms with Gasteiger partial charge >= 0.3 is 6.03 Å². The van der Waals surface area contributed by atoms with Crippen LogP contribution in [0.3, 0.4) is 0 Å². The zero-order valence-corrected chi connectivity index (χ0v) is 14.5. The summed E-state index contributed by atoms with van der Waals surface area (Å²) in [6, 6.07) is 6.08. The molecule has 1 aliphatic heterocycles. The summed E-state index contributed by atoms with van der Waals surface area (Å²) in [7, 11) is 0. The molecule has 1 spiro atoms. The van der Waals surface area contributed by atoms with Crippen LogP contribution in [0.15, 0.2) is 30.6 Å². The van der Waals surface area contributed by atoms with Gasteiger partial charge < -0.3 is 19.8 Å². The van der Waals surface area contributed by atoms with Crippen molar-refractivity contribution in [3.8, 4) is 0 Å². The predicted molar refractivity (Wildman–Crippen MR) is 95.6 cm³/mol. The number of nitrogens with one attached hydrogen (secondary N) is 2. The Hall–Kier alpha value is -2.08. The van der Waals surface area contributed by atoms with Crippen molar-refractivity contribution in [2.45, 2.75) is 56.6 Å². The summed E-state index contributed by atoms with van der Waals surface area (Å²) < 4.78 is 8.02. The number of amides is 2. The molecule has 2 N–H and O–H groups in total. The molecule has 25 heavy (non-hydrogen) atoms. The van der Waals surface area contributed by atoms with Crippen LogP contribution in [0.25, 0.3) is 5.65 Å². The van der Waals surface area contributed by atoms with Crippen molar-refractivity contribution in [1.82, 2.24) is 20.0 Å². The van der Waals surface area contributed by atoms with Gasteiger partial charge in [-0.2, -0.15) is 0 Å². The molecule has 1 atom stereocenters. The van der Waals surface area contributed by atoms with E-state index in [1.54, 1.807) is 0 Å². The number of rotatable bonds is 4. The van der Waals surface area contributed by atoms with E-state index in [4.69, 9.17) is 4.74 Å². The Morgan fingerprint density at radius 1 is 1.36 bits per heavy atom. The van der Waals surface area contributed by atoms with Crippen LogP contribution >= 0.6 is 0 Å². The number of imidazole rings is 1. The van der Waals surface area contributed by atoms with Gasteiger partial charge in [-0.1, -0.05) is 18.9 Å². The van der Waals surface area contributed by atoms with Gasteiger partial charge in [0, 0.05) is 38.0 Å². The molecular weight excluding hydrogens is 316 g/mol. The first-order valence-electron chi connectivity index (χ1n) is 9.33. The molecule has 1 aliphatic carbocycles. The summed E-state index contributed by atoms with van der Waals surface area (Å²) in [5, 5.41) is 6.09. The van der Waals surface area contributed by atoms with Crippen molar-refractivity contribution >= 4 is 11.7 Å². The molecule has 0 radical (unpaired) electrons. The number of urea groups is 1. The molecule has 1 unspecified atom stereocenters. The number of pyridine rings is 1. The highest BCUT2D eigenvalue weighted by molar-refractivity contribution is 5.74. The lowest BCUT2D eigenvalue weighted by Gasteiger charge is -2.38. The molecule has 0 bridgehead atoms. The minimum atomic E-state index is -0.0798.